The minimum absolute atomic E-state index is 0.386. The van der Waals surface area contributed by atoms with Gasteiger partial charge in [0.2, 0.25) is 0 Å². The molecule has 0 fully saturated rings. The Kier molecular flexibility index (Phi) is 4.34. The van der Waals surface area contributed by atoms with E-state index in [-0.39, 0.29) is 5.97 Å². The van der Waals surface area contributed by atoms with Crippen LogP contribution in [0.2, 0.25) is 0 Å². The number of esters is 1. The molecule has 0 heterocycles. The number of hydrogen-bond donors (Lipinski definition) is 1. The molecule has 4 nitrogen and oxygen atoms in total. The van der Waals surface area contributed by atoms with Gasteiger partial charge in [0.15, 0.2) is 0 Å². The summed E-state index contributed by atoms with van der Waals surface area (Å²) >= 11 is 4.84. The van der Waals surface area contributed by atoms with Gasteiger partial charge in [-0.15, -0.1) is 0 Å². The van der Waals surface area contributed by atoms with E-state index in [1.807, 2.05) is 0 Å². The summed E-state index contributed by atoms with van der Waals surface area (Å²) in [6, 6.07) is -0.490. The fraction of sp³-hybridized carbons (Fsp3) is 0.833. The molecule has 0 aliphatic carbocycles. The maximum atomic E-state index is 11.0. The first-order valence-electron chi connectivity index (χ1n) is 3.42. The lowest BCUT2D eigenvalue weighted by Gasteiger charge is -2.27. The molecule has 0 aromatic heterocycles. The molecule has 0 aromatic rings. The summed E-state index contributed by atoms with van der Waals surface area (Å²) in [4.78, 5) is 20.4. The number of carbonyl (C=O) groups is 1. The number of rotatable bonds is 3. The van der Waals surface area contributed by atoms with E-state index in [4.69, 9.17) is 11.8 Å². The highest BCUT2D eigenvalue weighted by atomic mass is 32.4. The van der Waals surface area contributed by atoms with Crippen molar-refractivity contribution in [3.63, 3.8) is 0 Å². The number of hydrogen-bond acceptors (Lipinski definition) is 3. The van der Waals surface area contributed by atoms with Crippen LogP contribution in [0.5, 0.6) is 0 Å². The minimum atomic E-state index is -2.51. The van der Waals surface area contributed by atoms with Crippen LogP contribution in [0, 0.1) is 0 Å². The van der Waals surface area contributed by atoms with E-state index in [1.165, 1.54) is 11.8 Å². The first-order valence-corrected chi connectivity index (χ1v) is 6.57. The van der Waals surface area contributed by atoms with E-state index >= 15 is 0 Å². The van der Waals surface area contributed by atoms with Crippen LogP contribution in [0.1, 0.15) is 6.92 Å². The number of methoxy groups -OCH3 is 1. The molecular weight excluding hydrogens is 197 g/mol. The zero-order valence-electron chi connectivity index (χ0n) is 7.64. The van der Waals surface area contributed by atoms with E-state index < -0.39 is 12.5 Å². The van der Waals surface area contributed by atoms with Crippen LogP contribution in [0.25, 0.3) is 0 Å². The molecule has 0 saturated heterocycles. The van der Waals surface area contributed by atoms with Crippen molar-refractivity contribution in [1.29, 1.82) is 0 Å². The molecule has 0 amide bonds. The van der Waals surface area contributed by atoms with Crippen LogP contribution in [0.15, 0.2) is 0 Å². The van der Waals surface area contributed by atoms with Crippen LogP contribution in [-0.4, -0.2) is 42.4 Å². The SMILES string of the molecule is COC(=O)C(C)N(C)P(C)(O)=S. The topological polar surface area (TPSA) is 49.8 Å². The summed E-state index contributed by atoms with van der Waals surface area (Å²) in [6.45, 7) is 3.19. The summed E-state index contributed by atoms with van der Waals surface area (Å²) in [7, 11) is 2.92. The monoisotopic (exact) mass is 211 g/mol. The summed E-state index contributed by atoms with van der Waals surface area (Å²) in [6.07, 6.45) is -2.51. The Morgan fingerprint density at radius 3 is 2.42 bits per heavy atom. The van der Waals surface area contributed by atoms with Gasteiger partial charge in [-0.3, -0.25) is 4.79 Å². The van der Waals surface area contributed by atoms with Crippen molar-refractivity contribution >= 4 is 24.2 Å². The molecule has 0 aliphatic heterocycles. The van der Waals surface area contributed by atoms with Crippen LogP contribution >= 0.6 is 6.42 Å². The van der Waals surface area contributed by atoms with Crippen LogP contribution in [0.4, 0.5) is 0 Å². The Bertz CT molecular complexity index is 215. The Morgan fingerprint density at radius 2 is 2.17 bits per heavy atom. The molecular formula is C6H14NO3PS. The third-order valence-electron chi connectivity index (χ3n) is 1.69. The first-order chi connectivity index (χ1) is 5.30. The average Bonchev–Trinajstić information content (AvgIpc) is 1.98. The summed E-state index contributed by atoms with van der Waals surface area (Å²) < 4.78 is 5.97. The van der Waals surface area contributed by atoms with Gasteiger partial charge in [0.25, 0.3) is 0 Å². The molecule has 0 radical (unpaired) electrons. The quantitative estimate of drug-likeness (QED) is 0.541. The molecule has 0 rings (SSSR count). The number of likely N-dealkylation sites (N-methyl/N-ethyl adjacent to an activating group) is 1. The van der Waals surface area contributed by atoms with Gasteiger partial charge in [-0.2, -0.15) is 0 Å². The zero-order valence-corrected chi connectivity index (χ0v) is 9.35. The second-order valence-corrected chi connectivity index (χ2v) is 6.98. The van der Waals surface area contributed by atoms with E-state index in [0.29, 0.717) is 0 Å². The molecule has 2 unspecified atom stereocenters. The van der Waals surface area contributed by atoms with E-state index in [9.17, 15) is 9.69 Å². The van der Waals surface area contributed by atoms with Crippen LogP contribution in [-0.2, 0) is 21.3 Å². The third-order valence-corrected chi connectivity index (χ3v) is 3.98. The lowest BCUT2D eigenvalue weighted by molar-refractivity contribution is -0.144. The Balaban J connectivity index is 4.40. The first kappa shape index (κ1) is 12.0. The molecule has 0 saturated carbocycles. The fourth-order valence-corrected chi connectivity index (χ4v) is 1.81. The smallest absolute Gasteiger partial charge is 0.323 e. The summed E-state index contributed by atoms with van der Waals surface area (Å²) in [5.41, 5.74) is 0. The van der Waals surface area contributed by atoms with Gasteiger partial charge in [-0.05, 0) is 14.0 Å². The maximum Gasteiger partial charge on any atom is 0.323 e. The lowest BCUT2D eigenvalue weighted by Crippen LogP contribution is -2.34. The van der Waals surface area contributed by atoms with Gasteiger partial charge in [0.1, 0.15) is 12.5 Å². The summed E-state index contributed by atoms with van der Waals surface area (Å²) in [5, 5.41) is 0. The van der Waals surface area contributed by atoms with Crippen LogP contribution < -0.4 is 0 Å². The fourth-order valence-electron chi connectivity index (χ4n) is 0.644. The van der Waals surface area contributed by atoms with E-state index in [1.54, 1.807) is 20.6 Å². The molecule has 72 valence electrons. The second-order valence-electron chi connectivity index (χ2n) is 2.61. The molecule has 0 spiro atoms. The molecule has 6 heteroatoms. The van der Waals surface area contributed by atoms with Gasteiger partial charge < -0.3 is 9.63 Å². The Morgan fingerprint density at radius 1 is 1.75 bits per heavy atom. The average molecular weight is 211 g/mol. The van der Waals surface area contributed by atoms with Crippen molar-refractivity contribution in [2.45, 2.75) is 13.0 Å². The van der Waals surface area contributed by atoms with Crippen LogP contribution in [0.3, 0.4) is 0 Å². The van der Waals surface area contributed by atoms with Crippen molar-refractivity contribution in [3.05, 3.63) is 0 Å². The largest absolute Gasteiger partial charge is 0.468 e. The van der Waals surface area contributed by atoms with Gasteiger partial charge in [0.05, 0.1) is 7.11 Å². The highest BCUT2D eigenvalue weighted by Gasteiger charge is 2.25. The van der Waals surface area contributed by atoms with Crippen molar-refractivity contribution in [3.8, 4) is 0 Å². The number of ether oxygens (including phenoxy) is 1. The predicted octanol–water partition coefficient (Wildman–Crippen LogP) is 0.411. The zero-order chi connectivity index (χ0) is 9.94. The number of nitrogens with zero attached hydrogens (tertiary/aromatic N) is 1. The molecule has 1 N–H and O–H groups in total. The highest BCUT2D eigenvalue weighted by Crippen LogP contribution is 2.41. The van der Waals surface area contributed by atoms with Gasteiger partial charge >= 0.3 is 5.97 Å². The lowest BCUT2D eigenvalue weighted by atomic mass is 10.4. The highest BCUT2D eigenvalue weighted by molar-refractivity contribution is 8.10. The normalized spacial score (nSPS) is 18.5. The Labute approximate surface area is 77.7 Å². The molecule has 12 heavy (non-hydrogen) atoms. The van der Waals surface area contributed by atoms with Crippen molar-refractivity contribution in [2.24, 2.45) is 0 Å². The summed E-state index contributed by atoms with van der Waals surface area (Å²) in [5.74, 6) is -0.386. The Hall–Kier alpha value is 0.0400. The van der Waals surface area contributed by atoms with E-state index in [2.05, 4.69) is 4.74 Å². The van der Waals surface area contributed by atoms with Gasteiger partial charge in [-0.25, -0.2) is 4.67 Å². The van der Waals surface area contributed by atoms with Crippen molar-refractivity contribution < 1.29 is 14.4 Å². The second kappa shape index (κ2) is 4.33. The van der Waals surface area contributed by atoms with Crippen molar-refractivity contribution in [1.82, 2.24) is 4.67 Å². The van der Waals surface area contributed by atoms with Gasteiger partial charge in [0, 0.05) is 6.66 Å². The predicted molar refractivity (Wildman–Crippen MR) is 51.7 cm³/mol. The third kappa shape index (κ3) is 3.19. The van der Waals surface area contributed by atoms with Gasteiger partial charge in [-0.1, -0.05) is 11.8 Å². The minimum Gasteiger partial charge on any atom is -0.468 e. The molecule has 0 aliphatic rings. The molecule has 2 atom stereocenters. The standard InChI is InChI=1S/C6H14NO3PS/c1-5(6(8)10-3)7(2)11(4,9)12/h5H,1-4H3,(H,9,12). The molecule has 0 aromatic carbocycles. The van der Waals surface area contributed by atoms with E-state index in [0.717, 1.165) is 0 Å². The molecule has 0 bridgehead atoms. The van der Waals surface area contributed by atoms with Crippen molar-refractivity contribution in [2.75, 3.05) is 20.8 Å². The maximum absolute atomic E-state index is 11.0. The number of carbonyl (C=O) groups excluding carboxylic acids is 1.